The molecule has 0 aromatic heterocycles. The number of halogens is 2. The van der Waals surface area contributed by atoms with E-state index in [9.17, 15) is 13.6 Å². The summed E-state index contributed by atoms with van der Waals surface area (Å²) in [6.07, 6.45) is 2.47. The lowest BCUT2D eigenvalue weighted by Crippen LogP contribution is -2.39. The van der Waals surface area contributed by atoms with Crippen LogP contribution in [0.3, 0.4) is 0 Å². The third-order valence-corrected chi connectivity index (χ3v) is 2.96. The van der Waals surface area contributed by atoms with Crippen LogP contribution in [0.4, 0.5) is 13.6 Å². The largest absolute Gasteiger partial charge is 0.335 e. The van der Waals surface area contributed by atoms with Crippen LogP contribution >= 0.6 is 0 Å². The molecule has 5 heteroatoms. The SMILES string of the molecule is CCC(NC(=O)NC1CC1)c1cc(F)ccc1F. The molecule has 0 saturated heterocycles. The third kappa shape index (κ3) is 3.18. The second-order valence-electron chi connectivity index (χ2n) is 4.52. The van der Waals surface area contributed by atoms with Crippen LogP contribution in [-0.2, 0) is 0 Å². The van der Waals surface area contributed by atoms with Crippen molar-refractivity contribution in [2.45, 2.75) is 38.3 Å². The van der Waals surface area contributed by atoms with Gasteiger partial charge in [-0.25, -0.2) is 13.6 Å². The van der Waals surface area contributed by atoms with Gasteiger partial charge in [-0.2, -0.15) is 0 Å². The molecule has 0 bridgehead atoms. The first-order valence-electron chi connectivity index (χ1n) is 6.12. The summed E-state index contributed by atoms with van der Waals surface area (Å²) >= 11 is 0. The van der Waals surface area contributed by atoms with E-state index in [1.165, 1.54) is 0 Å². The molecule has 2 amide bonds. The topological polar surface area (TPSA) is 41.1 Å². The number of rotatable bonds is 4. The van der Waals surface area contributed by atoms with Crippen LogP contribution in [0.2, 0.25) is 0 Å². The second kappa shape index (κ2) is 5.33. The molecule has 98 valence electrons. The predicted molar refractivity (Wildman–Crippen MR) is 64.1 cm³/mol. The molecule has 1 aromatic carbocycles. The molecule has 1 aliphatic carbocycles. The second-order valence-corrected chi connectivity index (χ2v) is 4.52. The number of amides is 2. The highest BCUT2D eigenvalue weighted by atomic mass is 19.1. The van der Waals surface area contributed by atoms with Crippen molar-refractivity contribution in [1.82, 2.24) is 10.6 Å². The van der Waals surface area contributed by atoms with Crippen LogP contribution in [-0.4, -0.2) is 12.1 Å². The summed E-state index contributed by atoms with van der Waals surface area (Å²) in [5.41, 5.74) is 0.184. The van der Waals surface area contributed by atoms with E-state index in [0.29, 0.717) is 6.42 Å². The Morgan fingerprint density at radius 2 is 2.17 bits per heavy atom. The first-order chi connectivity index (χ1) is 8.60. The fraction of sp³-hybridized carbons (Fsp3) is 0.462. The van der Waals surface area contributed by atoms with E-state index in [2.05, 4.69) is 10.6 Å². The highest BCUT2D eigenvalue weighted by molar-refractivity contribution is 5.75. The highest BCUT2D eigenvalue weighted by Gasteiger charge is 2.25. The van der Waals surface area contributed by atoms with E-state index in [1.807, 2.05) is 6.92 Å². The first kappa shape index (κ1) is 12.8. The summed E-state index contributed by atoms with van der Waals surface area (Å²) in [6.45, 7) is 1.81. The monoisotopic (exact) mass is 254 g/mol. The molecule has 1 unspecified atom stereocenters. The molecule has 0 heterocycles. The Labute approximate surface area is 105 Å². The van der Waals surface area contributed by atoms with Gasteiger partial charge in [-0.05, 0) is 37.5 Å². The molecule has 0 spiro atoms. The van der Waals surface area contributed by atoms with E-state index in [4.69, 9.17) is 0 Å². The van der Waals surface area contributed by atoms with Gasteiger partial charge in [-0.1, -0.05) is 6.92 Å². The summed E-state index contributed by atoms with van der Waals surface area (Å²) in [6, 6.07) is 2.66. The Hall–Kier alpha value is -1.65. The lowest BCUT2D eigenvalue weighted by atomic mass is 10.0. The van der Waals surface area contributed by atoms with Gasteiger partial charge in [0, 0.05) is 11.6 Å². The van der Waals surface area contributed by atoms with Crippen molar-refractivity contribution in [3.05, 3.63) is 35.4 Å². The standard InChI is InChI=1S/C13H16F2N2O/c1-2-12(17-13(18)16-9-4-5-9)10-7-8(14)3-6-11(10)15/h3,6-7,9,12H,2,4-5H2,1H3,(H2,16,17,18). The molecule has 0 radical (unpaired) electrons. The van der Waals surface area contributed by atoms with Crippen molar-refractivity contribution < 1.29 is 13.6 Å². The minimum absolute atomic E-state index is 0.184. The lowest BCUT2D eigenvalue weighted by molar-refractivity contribution is 0.236. The summed E-state index contributed by atoms with van der Waals surface area (Å²) in [7, 11) is 0. The maximum Gasteiger partial charge on any atom is 0.315 e. The summed E-state index contributed by atoms with van der Waals surface area (Å²) < 4.78 is 26.7. The molecule has 2 N–H and O–H groups in total. The van der Waals surface area contributed by atoms with Crippen LogP contribution in [0.25, 0.3) is 0 Å². The number of benzene rings is 1. The van der Waals surface area contributed by atoms with E-state index in [1.54, 1.807) is 0 Å². The summed E-state index contributed by atoms with van der Waals surface area (Å²) in [4.78, 5) is 11.6. The quantitative estimate of drug-likeness (QED) is 0.852. The maximum absolute atomic E-state index is 13.6. The number of hydrogen-bond donors (Lipinski definition) is 2. The zero-order valence-corrected chi connectivity index (χ0v) is 10.2. The fourth-order valence-electron chi connectivity index (χ4n) is 1.79. The number of hydrogen-bond acceptors (Lipinski definition) is 1. The molecule has 0 aliphatic heterocycles. The Balaban J connectivity index is 2.06. The normalized spacial score (nSPS) is 16.2. The summed E-state index contributed by atoms with van der Waals surface area (Å²) in [5.74, 6) is -1.01. The molecule has 2 rings (SSSR count). The van der Waals surface area contributed by atoms with Gasteiger partial charge in [0.05, 0.1) is 6.04 Å². The third-order valence-electron chi connectivity index (χ3n) is 2.96. The van der Waals surface area contributed by atoms with Gasteiger partial charge < -0.3 is 10.6 Å². The van der Waals surface area contributed by atoms with Crippen LogP contribution in [0.5, 0.6) is 0 Å². The van der Waals surface area contributed by atoms with E-state index in [-0.39, 0.29) is 17.6 Å². The van der Waals surface area contributed by atoms with Crippen molar-refractivity contribution in [1.29, 1.82) is 0 Å². The van der Waals surface area contributed by atoms with Crippen LogP contribution in [0.1, 0.15) is 37.8 Å². The van der Waals surface area contributed by atoms with Gasteiger partial charge in [0.25, 0.3) is 0 Å². The van der Waals surface area contributed by atoms with Gasteiger partial charge in [0.2, 0.25) is 0 Å². The highest BCUT2D eigenvalue weighted by Crippen LogP contribution is 2.22. The lowest BCUT2D eigenvalue weighted by Gasteiger charge is -2.18. The minimum Gasteiger partial charge on any atom is -0.335 e. The molecule has 1 fully saturated rings. The molecule has 18 heavy (non-hydrogen) atoms. The Kier molecular flexibility index (Phi) is 3.79. The average Bonchev–Trinajstić information content (AvgIpc) is 3.13. The average molecular weight is 254 g/mol. The fourth-order valence-corrected chi connectivity index (χ4v) is 1.79. The van der Waals surface area contributed by atoms with Crippen LogP contribution in [0, 0.1) is 11.6 Å². The van der Waals surface area contributed by atoms with E-state index in [0.717, 1.165) is 31.0 Å². The first-order valence-corrected chi connectivity index (χ1v) is 6.12. The molecular formula is C13H16F2N2O. The molecule has 1 atom stereocenters. The van der Waals surface area contributed by atoms with Gasteiger partial charge in [-0.3, -0.25) is 0 Å². The molecule has 1 aromatic rings. The smallest absolute Gasteiger partial charge is 0.315 e. The minimum atomic E-state index is -0.514. The maximum atomic E-state index is 13.6. The van der Waals surface area contributed by atoms with Gasteiger partial charge in [0.1, 0.15) is 11.6 Å². The van der Waals surface area contributed by atoms with Crippen molar-refractivity contribution in [3.8, 4) is 0 Å². The number of carbonyl (C=O) groups is 1. The number of nitrogens with one attached hydrogen (secondary N) is 2. The van der Waals surface area contributed by atoms with Gasteiger partial charge in [-0.15, -0.1) is 0 Å². The van der Waals surface area contributed by atoms with Crippen LogP contribution < -0.4 is 10.6 Å². The molecule has 1 saturated carbocycles. The van der Waals surface area contributed by atoms with Gasteiger partial charge in [0.15, 0.2) is 0 Å². The van der Waals surface area contributed by atoms with E-state index >= 15 is 0 Å². The van der Waals surface area contributed by atoms with E-state index < -0.39 is 17.7 Å². The molecule has 3 nitrogen and oxygen atoms in total. The van der Waals surface area contributed by atoms with Crippen molar-refractivity contribution in [3.63, 3.8) is 0 Å². The zero-order chi connectivity index (χ0) is 13.1. The Morgan fingerprint density at radius 1 is 1.44 bits per heavy atom. The zero-order valence-electron chi connectivity index (χ0n) is 10.2. The Bertz CT molecular complexity index is 447. The van der Waals surface area contributed by atoms with Crippen molar-refractivity contribution >= 4 is 6.03 Å². The molecular weight excluding hydrogens is 238 g/mol. The van der Waals surface area contributed by atoms with Crippen LogP contribution in [0.15, 0.2) is 18.2 Å². The Morgan fingerprint density at radius 3 is 2.78 bits per heavy atom. The number of carbonyl (C=O) groups excluding carboxylic acids is 1. The van der Waals surface area contributed by atoms with Gasteiger partial charge >= 0.3 is 6.03 Å². The van der Waals surface area contributed by atoms with Crippen molar-refractivity contribution in [2.24, 2.45) is 0 Å². The summed E-state index contributed by atoms with van der Waals surface area (Å²) in [5, 5.41) is 5.42. The molecule has 1 aliphatic rings. The van der Waals surface area contributed by atoms with Crippen molar-refractivity contribution in [2.75, 3.05) is 0 Å². The number of urea groups is 1. The predicted octanol–water partition coefficient (Wildman–Crippen LogP) is 2.88.